The van der Waals surface area contributed by atoms with Crippen molar-refractivity contribution in [1.82, 2.24) is 0 Å². The van der Waals surface area contributed by atoms with Gasteiger partial charge in [-0.15, -0.1) is 0 Å². The van der Waals surface area contributed by atoms with Crippen LogP contribution < -0.4 is 0 Å². The van der Waals surface area contributed by atoms with Gasteiger partial charge < -0.3 is 5.11 Å². The summed E-state index contributed by atoms with van der Waals surface area (Å²) in [6.07, 6.45) is 0.310. The third-order valence-corrected chi connectivity index (χ3v) is 3.78. The number of carboxylic acids is 1. The summed E-state index contributed by atoms with van der Waals surface area (Å²) in [5, 5.41) is 9.41. The first-order chi connectivity index (χ1) is 10.0. The van der Waals surface area contributed by atoms with Crippen LogP contribution in [0.2, 0.25) is 0 Å². The molecule has 0 aliphatic rings. The maximum Gasteiger partial charge on any atom is 0.317 e. The average Bonchev–Trinajstić information content (AvgIpc) is 2.44. The maximum atomic E-state index is 12.2. The molecule has 1 N–H and O–H groups in total. The second kappa shape index (κ2) is 6.26. The Bertz CT molecular complexity index is 605. The summed E-state index contributed by atoms with van der Waals surface area (Å²) in [7, 11) is 0. The predicted molar refractivity (Wildman–Crippen MR) is 84.8 cm³/mol. The number of carbonyl (C=O) groups is 3. The number of ketones is 1. The Morgan fingerprint density at radius 1 is 1.14 bits per heavy atom. The SMILES string of the molecule is C=C(C=O)C(=O)C(C)(Cc1ccc(C(C)(C)C)cc1)C(=O)O. The highest BCUT2D eigenvalue weighted by molar-refractivity contribution is 6.20. The molecular weight excluding hydrogens is 280 g/mol. The highest BCUT2D eigenvalue weighted by Crippen LogP contribution is 2.28. The molecule has 1 unspecified atom stereocenters. The van der Waals surface area contributed by atoms with Gasteiger partial charge in [-0.1, -0.05) is 51.6 Å². The molecule has 0 aliphatic heterocycles. The normalized spacial score (nSPS) is 14.0. The predicted octanol–water partition coefficient (Wildman–Crippen LogP) is 2.94. The van der Waals surface area contributed by atoms with E-state index < -0.39 is 17.2 Å². The van der Waals surface area contributed by atoms with Crippen molar-refractivity contribution in [2.75, 3.05) is 0 Å². The number of aldehydes is 1. The number of carboxylic acid groups (broad SMARTS) is 1. The van der Waals surface area contributed by atoms with E-state index in [0.717, 1.165) is 11.1 Å². The van der Waals surface area contributed by atoms with Gasteiger partial charge in [0.25, 0.3) is 0 Å². The van der Waals surface area contributed by atoms with Crippen LogP contribution in [0.3, 0.4) is 0 Å². The molecule has 0 amide bonds. The molecule has 1 atom stereocenters. The Labute approximate surface area is 130 Å². The Kier molecular flexibility index (Phi) is 5.07. The minimum atomic E-state index is -1.69. The number of hydrogen-bond acceptors (Lipinski definition) is 3. The Hall–Kier alpha value is -2.23. The second-order valence-corrected chi connectivity index (χ2v) is 6.73. The summed E-state index contributed by atoms with van der Waals surface area (Å²) < 4.78 is 0. The molecule has 1 rings (SSSR count). The second-order valence-electron chi connectivity index (χ2n) is 6.73. The van der Waals surface area contributed by atoms with Crippen molar-refractivity contribution in [2.24, 2.45) is 5.41 Å². The van der Waals surface area contributed by atoms with Gasteiger partial charge in [0.2, 0.25) is 0 Å². The van der Waals surface area contributed by atoms with Gasteiger partial charge in [0.1, 0.15) is 5.41 Å². The largest absolute Gasteiger partial charge is 0.480 e. The number of benzene rings is 1. The fourth-order valence-electron chi connectivity index (χ4n) is 2.19. The monoisotopic (exact) mass is 302 g/mol. The topological polar surface area (TPSA) is 71.4 Å². The molecule has 0 radical (unpaired) electrons. The highest BCUT2D eigenvalue weighted by Gasteiger charge is 2.42. The zero-order chi connectivity index (χ0) is 17.1. The van der Waals surface area contributed by atoms with Gasteiger partial charge in [-0.2, -0.15) is 0 Å². The molecule has 0 fully saturated rings. The molecule has 4 heteroatoms. The van der Waals surface area contributed by atoms with E-state index in [-0.39, 0.29) is 17.4 Å². The summed E-state index contributed by atoms with van der Waals surface area (Å²) in [4.78, 5) is 34.4. The summed E-state index contributed by atoms with van der Waals surface area (Å²) in [6, 6.07) is 7.49. The zero-order valence-electron chi connectivity index (χ0n) is 13.5. The molecular formula is C18H22O4. The molecule has 22 heavy (non-hydrogen) atoms. The van der Waals surface area contributed by atoms with Crippen molar-refractivity contribution >= 4 is 18.0 Å². The number of aliphatic carboxylic acids is 1. The number of carbonyl (C=O) groups excluding carboxylic acids is 2. The third kappa shape index (κ3) is 3.70. The Morgan fingerprint density at radius 3 is 2.00 bits per heavy atom. The summed E-state index contributed by atoms with van der Waals surface area (Å²) in [6.45, 7) is 10.9. The number of Topliss-reactive ketones (excluding diaryl/α,β-unsaturated/α-hetero) is 1. The summed E-state index contributed by atoms with van der Waals surface area (Å²) in [5.41, 5.74) is -0.171. The van der Waals surface area contributed by atoms with Crippen LogP contribution in [0, 0.1) is 5.41 Å². The molecule has 0 spiro atoms. The maximum absolute atomic E-state index is 12.2. The van der Waals surface area contributed by atoms with Crippen molar-refractivity contribution in [1.29, 1.82) is 0 Å². The van der Waals surface area contributed by atoms with Crippen LogP contribution in [0.5, 0.6) is 0 Å². The molecule has 118 valence electrons. The van der Waals surface area contributed by atoms with Gasteiger partial charge in [0.05, 0.1) is 5.57 Å². The first kappa shape index (κ1) is 17.8. The lowest BCUT2D eigenvalue weighted by Gasteiger charge is -2.24. The Balaban J connectivity index is 3.12. The minimum Gasteiger partial charge on any atom is -0.480 e. The average molecular weight is 302 g/mol. The fraction of sp³-hybridized carbons (Fsp3) is 0.389. The van der Waals surface area contributed by atoms with Gasteiger partial charge >= 0.3 is 5.97 Å². The van der Waals surface area contributed by atoms with Crippen LogP contribution in [0.4, 0.5) is 0 Å². The van der Waals surface area contributed by atoms with Crippen molar-refractivity contribution in [3.05, 3.63) is 47.5 Å². The zero-order valence-corrected chi connectivity index (χ0v) is 13.5. The highest BCUT2D eigenvalue weighted by atomic mass is 16.4. The number of hydrogen-bond donors (Lipinski definition) is 1. The first-order valence-electron chi connectivity index (χ1n) is 7.04. The van der Waals surface area contributed by atoms with E-state index in [1.807, 2.05) is 24.3 Å². The van der Waals surface area contributed by atoms with E-state index >= 15 is 0 Å². The molecule has 0 heterocycles. The molecule has 4 nitrogen and oxygen atoms in total. The van der Waals surface area contributed by atoms with Crippen molar-refractivity contribution in [3.8, 4) is 0 Å². The molecule has 0 bridgehead atoms. The van der Waals surface area contributed by atoms with Crippen molar-refractivity contribution in [3.63, 3.8) is 0 Å². The lowest BCUT2D eigenvalue weighted by molar-refractivity contribution is -0.152. The van der Waals surface area contributed by atoms with E-state index in [2.05, 4.69) is 27.4 Å². The molecule has 1 aromatic carbocycles. The van der Waals surface area contributed by atoms with Crippen molar-refractivity contribution < 1.29 is 19.5 Å². The van der Waals surface area contributed by atoms with Crippen LogP contribution in [-0.2, 0) is 26.2 Å². The quantitative estimate of drug-likeness (QED) is 0.379. The van der Waals surface area contributed by atoms with E-state index in [1.54, 1.807) is 0 Å². The number of allylic oxidation sites excluding steroid dienone is 1. The lowest BCUT2D eigenvalue weighted by Crippen LogP contribution is -2.39. The minimum absolute atomic E-state index is 0.00372. The molecule has 0 saturated carbocycles. The lowest BCUT2D eigenvalue weighted by atomic mass is 9.77. The van der Waals surface area contributed by atoms with Gasteiger partial charge in [-0.25, -0.2) is 0 Å². The third-order valence-electron chi connectivity index (χ3n) is 3.78. The fourth-order valence-corrected chi connectivity index (χ4v) is 2.19. The standard InChI is InChI=1S/C18H22O4/c1-12(11-19)15(20)18(5,16(21)22)10-13-6-8-14(9-7-13)17(2,3)4/h6-9,11H,1,10H2,2-5H3,(H,21,22). The van der Waals surface area contributed by atoms with Gasteiger partial charge in [-0.05, 0) is 29.9 Å². The molecule has 0 aromatic heterocycles. The van der Waals surface area contributed by atoms with Crippen LogP contribution in [0.15, 0.2) is 36.4 Å². The van der Waals surface area contributed by atoms with Gasteiger partial charge in [0, 0.05) is 0 Å². The summed E-state index contributed by atoms with van der Waals surface area (Å²) >= 11 is 0. The van der Waals surface area contributed by atoms with E-state index in [0.29, 0.717) is 6.29 Å². The van der Waals surface area contributed by atoms with Crippen LogP contribution in [0.25, 0.3) is 0 Å². The molecule has 0 saturated heterocycles. The van der Waals surface area contributed by atoms with Crippen LogP contribution >= 0.6 is 0 Å². The number of rotatable bonds is 6. The van der Waals surface area contributed by atoms with Gasteiger partial charge in [-0.3, -0.25) is 14.4 Å². The summed E-state index contributed by atoms with van der Waals surface area (Å²) in [5.74, 6) is -2.02. The van der Waals surface area contributed by atoms with Gasteiger partial charge in [0.15, 0.2) is 12.1 Å². The van der Waals surface area contributed by atoms with E-state index in [1.165, 1.54) is 6.92 Å². The van der Waals surface area contributed by atoms with Crippen molar-refractivity contribution in [2.45, 2.75) is 39.5 Å². The van der Waals surface area contributed by atoms with Crippen LogP contribution in [-0.4, -0.2) is 23.1 Å². The van der Waals surface area contributed by atoms with Crippen LogP contribution in [0.1, 0.15) is 38.8 Å². The van der Waals surface area contributed by atoms with E-state index in [9.17, 15) is 19.5 Å². The molecule has 0 aliphatic carbocycles. The Morgan fingerprint density at radius 2 is 1.64 bits per heavy atom. The van der Waals surface area contributed by atoms with E-state index in [4.69, 9.17) is 0 Å². The first-order valence-corrected chi connectivity index (χ1v) is 7.04. The smallest absolute Gasteiger partial charge is 0.317 e. The molecule has 1 aromatic rings.